The van der Waals surface area contributed by atoms with Crippen LogP contribution < -0.4 is 9.64 Å². The Hall–Kier alpha value is -2.08. The average molecular weight is 354 g/mol. The fraction of sp³-hybridized carbons (Fsp3) is 0.133. The molecule has 2 aromatic rings. The zero-order valence-electron chi connectivity index (χ0n) is 11.4. The number of carbonyl (C=O) groups is 1. The molecule has 0 atom stereocenters. The molecule has 21 heavy (non-hydrogen) atoms. The predicted octanol–water partition coefficient (Wildman–Crippen LogP) is 4.14. The van der Waals surface area contributed by atoms with Gasteiger partial charge in [0.2, 0.25) is 0 Å². The van der Waals surface area contributed by atoms with Crippen molar-refractivity contribution < 1.29 is 19.0 Å². The normalized spacial score (nSPS) is 10.3. The minimum atomic E-state index is -1.21. The van der Waals surface area contributed by atoms with Gasteiger partial charge in [0.1, 0.15) is 5.75 Å². The lowest BCUT2D eigenvalue weighted by molar-refractivity contribution is 0.0695. The molecule has 2 aromatic carbocycles. The molecule has 0 bridgehead atoms. The van der Waals surface area contributed by atoms with Crippen LogP contribution in [0.25, 0.3) is 0 Å². The Kier molecular flexibility index (Phi) is 4.47. The van der Waals surface area contributed by atoms with Crippen LogP contribution in [0.4, 0.5) is 10.1 Å². The summed E-state index contributed by atoms with van der Waals surface area (Å²) in [5, 5.41) is 8.93. The van der Waals surface area contributed by atoms with Crippen molar-refractivity contribution in [1.29, 1.82) is 0 Å². The number of halogens is 2. The Labute approximate surface area is 129 Å². The number of benzene rings is 2. The second-order valence-corrected chi connectivity index (χ2v) is 5.33. The fourth-order valence-electron chi connectivity index (χ4n) is 1.73. The number of hydrogen-bond donors (Lipinski definition) is 1. The standard InChI is InChI=1S/C15H13BrFNO3/c1-18(2)9-4-3-5-10(8-9)21-12-7-6-11(15(19)20)13(16)14(12)17/h3-8H,1-2H3,(H,19,20). The Morgan fingerprint density at radius 2 is 2.00 bits per heavy atom. The number of rotatable bonds is 4. The van der Waals surface area contributed by atoms with Gasteiger partial charge in [-0.25, -0.2) is 9.18 Å². The Morgan fingerprint density at radius 1 is 1.29 bits per heavy atom. The lowest BCUT2D eigenvalue weighted by Crippen LogP contribution is -2.08. The third-order valence-electron chi connectivity index (χ3n) is 2.84. The van der Waals surface area contributed by atoms with Gasteiger partial charge >= 0.3 is 5.97 Å². The maximum absolute atomic E-state index is 14.1. The second-order valence-electron chi connectivity index (χ2n) is 4.54. The van der Waals surface area contributed by atoms with Crippen molar-refractivity contribution in [3.8, 4) is 11.5 Å². The van der Waals surface area contributed by atoms with Gasteiger partial charge in [0, 0.05) is 25.8 Å². The molecule has 0 aliphatic carbocycles. The molecule has 0 heterocycles. The molecule has 0 saturated carbocycles. The van der Waals surface area contributed by atoms with Crippen molar-refractivity contribution in [3.63, 3.8) is 0 Å². The van der Waals surface area contributed by atoms with Crippen LogP contribution in [0.2, 0.25) is 0 Å². The largest absolute Gasteiger partial charge is 0.478 e. The van der Waals surface area contributed by atoms with Gasteiger partial charge < -0.3 is 14.7 Å². The molecule has 0 aliphatic heterocycles. The molecular formula is C15H13BrFNO3. The van der Waals surface area contributed by atoms with E-state index in [9.17, 15) is 9.18 Å². The summed E-state index contributed by atoms with van der Waals surface area (Å²) in [6.07, 6.45) is 0. The average Bonchev–Trinajstić information content (AvgIpc) is 2.44. The van der Waals surface area contributed by atoms with Gasteiger partial charge in [0.05, 0.1) is 10.0 Å². The molecule has 0 radical (unpaired) electrons. The first-order valence-electron chi connectivity index (χ1n) is 6.06. The first-order chi connectivity index (χ1) is 9.90. The highest BCUT2D eigenvalue weighted by atomic mass is 79.9. The van der Waals surface area contributed by atoms with E-state index in [2.05, 4.69) is 15.9 Å². The van der Waals surface area contributed by atoms with Gasteiger partial charge in [-0.1, -0.05) is 6.07 Å². The second kappa shape index (κ2) is 6.13. The first-order valence-corrected chi connectivity index (χ1v) is 6.86. The minimum absolute atomic E-state index is 0.0391. The number of ether oxygens (including phenoxy) is 1. The van der Waals surface area contributed by atoms with Crippen molar-refractivity contribution in [3.05, 3.63) is 52.3 Å². The third kappa shape index (κ3) is 3.33. The summed E-state index contributed by atoms with van der Waals surface area (Å²) in [6.45, 7) is 0. The number of anilines is 1. The molecular weight excluding hydrogens is 341 g/mol. The van der Waals surface area contributed by atoms with Crippen molar-refractivity contribution >= 4 is 27.6 Å². The van der Waals surface area contributed by atoms with Gasteiger partial charge in [-0.15, -0.1) is 0 Å². The minimum Gasteiger partial charge on any atom is -0.478 e. The summed E-state index contributed by atoms with van der Waals surface area (Å²) in [4.78, 5) is 12.8. The molecule has 4 nitrogen and oxygen atoms in total. The summed E-state index contributed by atoms with van der Waals surface area (Å²) in [7, 11) is 3.77. The van der Waals surface area contributed by atoms with E-state index >= 15 is 0 Å². The van der Waals surface area contributed by atoms with Crippen LogP contribution in [0.3, 0.4) is 0 Å². The number of nitrogens with zero attached hydrogens (tertiary/aromatic N) is 1. The molecule has 6 heteroatoms. The molecule has 1 N–H and O–H groups in total. The van der Waals surface area contributed by atoms with E-state index in [-0.39, 0.29) is 15.8 Å². The van der Waals surface area contributed by atoms with Crippen molar-refractivity contribution in [2.24, 2.45) is 0 Å². The molecule has 0 saturated heterocycles. The zero-order chi connectivity index (χ0) is 15.6. The van der Waals surface area contributed by atoms with E-state index in [1.165, 1.54) is 12.1 Å². The third-order valence-corrected chi connectivity index (χ3v) is 3.61. The van der Waals surface area contributed by atoms with Gasteiger partial charge in [-0.05, 0) is 40.2 Å². The van der Waals surface area contributed by atoms with Gasteiger partial charge in [0.15, 0.2) is 11.6 Å². The quantitative estimate of drug-likeness (QED) is 0.897. The Morgan fingerprint density at radius 3 is 2.62 bits per heavy atom. The molecule has 0 unspecified atom stereocenters. The van der Waals surface area contributed by atoms with E-state index in [1.54, 1.807) is 18.2 Å². The molecule has 0 fully saturated rings. The van der Waals surface area contributed by atoms with E-state index < -0.39 is 11.8 Å². The highest BCUT2D eigenvalue weighted by Gasteiger charge is 2.17. The maximum atomic E-state index is 14.1. The summed E-state index contributed by atoms with van der Waals surface area (Å²) < 4.78 is 19.5. The highest BCUT2D eigenvalue weighted by Crippen LogP contribution is 2.32. The molecule has 0 aliphatic rings. The van der Waals surface area contributed by atoms with Crippen LogP contribution >= 0.6 is 15.9 Å². The lowest BCUT2D eigenvalue weighted by Gasteiger charge is -2.14. The van der Waals surface area contributed by atoms with E-state index in [4.69, 9.17) is 9.84 Å². The van der Waals surface area contributed by atoms with Gasteiger partial charge in [-0.2, -0.15) is 0 Å². The van der Waals surface area contributed by atoms with E-state index in [0.29, 0.717) is 5.75 Å². The number of aromatic carboxylic acids is 1. The van der Waals surface area contributed by atoms with Crippen LogP contribution in [-0.4, -0.2) is 25.2 Å². The van der Waals surface area contributed by atoms with Crippen LogP contribution in [-0.2, 0) is 0 Å². The highest BCUT2D eigenvalue weighted by molar-refractivity contribution is 9.10. The zero-order valence-corrected chi connectivity index (χ0v) is 13.0. The molecule has 110 valence electrons. The smallest absolute Gasteiger partial charge is 0.336 e. The van der Waals surface area contributed by atoms with Crippen LogP contribution in [0.1, 0.15) is 10.4 Å². The lowest BCUT2D eigenvalue weighted by atomic mass is 10.2. The summed E-state index contributed by atoms with van der Waals surface area (Å²) >= 11 is 2.94. The van der Waals surface area contributed by atoms with Crippen molar-refractivity contribution in [1.82, 2.24) is 0 Å². The number of carboxylic acids is 1. The summed E-state index contributed by atoms with van der Waals surface area (Å²) in [5.74, 6) is -1.52. The summed E-state index contributed by atoms with van der Waals surface area (Å²) in [5.41, 5.74) is 0.760. The van der Waals surface area contributed by atoms with Crippen LogP contribution in [0.15, 0.2) is 40.9 Å². The van der Waals surface area contributed by atoms with Crippen molar-refractivity contribution in [2.75, 3.05) is 19.0 Å². The first kappa shape index (κ1) is 15.3. The van der Waals surface area contributed by atoms with E-state index in [0.717, 1.165) is 5.69 Å². The van der Waals surface area contributed by atoms with Crippen molar-refractivity contribution in [2.45, 2.75) is 0 Å². The van der Waals surface area contributed by atoms with E-state index in [1.807, 2.05) is 25.1 Å². The fourth-order valence-corrected chi connectivity index (χ4v) is 2.23. The maximum Gasteiger partial charge on any atom is 0.336 e. The van der Waals surface area contributed by atoms with Gasteiger partial charge in [0.25, 0.3) is 0 Å². The monoisotopic (exact) mass is 353 g/mol. The van der Waals surface area contributed by atoms with Gasteiger partial charge in [-0.3, -0.25) is 0 Å². The number of carboxylic acid groups (broad SMARTS) is 1. The van der Waals surface area contributed by atoms with Crippen LogP contribution in [0.5, 0.6) is 11.5 Å². The molecule has 0 amide bonds. The summed E-state index contributed by atoms with van der Waals surface area (Å²) in [6, 6.07) is 9.74. The van der Waals surface area contributed by atoms with Crippen LogP contribution in [0, 0.1) is 5.82 Å². The molecule has 0 spiro atoms. The Bertz CT molecular complexity index is 689. The molecule has 0 aromatic heterocycles. The number of hydrogen-bond acceptors (Lipinski definition) is 3. The molecule has 2 rings (SSSR count). The topological polar surface area (TPSA) is 49.8 Å². The predicted molar refractivity (Wildman–Crippen MR) is 81.9 cm³/mol. The Balaban J connectivity index is 2.34. The SMILES string of the molecule is CN(C)c1cccc(Oc2ccc(C(=O)O)c(Br)c2F)c1.